The van der Waals surface area contributed by atoms with E-state index in [2.05, 4.69) is 28.0 Å². The number of allylic oxidation sites excluding steroid dienone is 2. The molecule has 4 heteroatoms. The van der Waals surface area contributed by atoms with Crippen LogP contribution in [-0.4, -0.2) is 17.9 Å². The summed E-state index contributed by atoms with van der Waals surface area (Å²) >= 11 is 4.97. The van der Waals surface area contributed by atoms with E-state index in [4.69, 9.17) is 12.2 Å². The molecule has 0 aromatic rings. The number of nitrogens with zero attached hydrogens (tertiary/aromatic N) is 1. The number of hydrazone groups is 1. The van der Waals surface area contributed by atoms with Crippen molar-refractivity contribution in [2.24, 2.45) is 11.0 Å². The van der Waals surface area contributed by atoms with E-state index in [1.54, 1.807) is 0 Å². The van der Waals surface area contributed by atoms with Crippen LogP contribution >= 0.6 is 12.2 Å². The van der Waals surface area contributed by atoms with E-state index in [0.717, 1.165) is 19.4 Å². The van der Waals surface area contributed by atoms with Gasteiger partial charge < -0.3 is 5.32 Å². The zero-order valence-electron chi connectivity index (χ0n) is 8.49. The fraction of sp³-hybridized carbons (Fsp3) is 0.600. The summed E-state index contributed by atoms with van der Waals surface area (Å²) in [6.07, 6.45) is 9.83. The van der Waals surface area contributed by atoms with Gasteiger partial charge in [-0.1, -0.05) is 12.2 Å². The van der Waals surface area contributed by atoms with Gasteiger partial charge in [0.1, 0.15) is 0 Å². The third kappa shape index (κ3) is 4.37. The highest BCUT2D eigenvalue weighted by Gasteiger charge is 2.05. The van der Waals surface area contributed by atoms with E-state index < -0.39 is 0 Å². The fourth-order valence-corrected chi connectivity index (χ4v) is 1.55. The molecule has 0 fully saturated rings. The zero-order valence-corrected chi connectivity index (χ0v) is 9.31. The summed E-state index contributed by atoms with van der Waals surface area (Å²) in [5, 5.41) is 7.67. The highest BCUT2D eigenvalue weighted by atomic mass is 32.1. The van der Waals surface area contributed by atoms with Gasteiger partial charge in [0.25, 0.3) is 0 Å². The molecule has 0 unspecified atom stereocenters. The smallest absolute Gasteiger partial charge is 0.186 e. The first-order valence-electron chi connectivity index (χ1n) is 5.05. The van der Waals surface area contributed by atoms with Gasteiger partial charge in [-0.2, -0.15) is 5.10 Å². The van der Waals surface area contributed by atoms with Crippen molar-refractivity contribution < 1.29 is 0 Å². The minimum Gasteiger partial charge on any atom is -0.362 e. The first-order valence-corrected chi connectivity index (χ1v) is 5.45. The predicted molar refractivity (Wildman–Crippen MR) is 64.4 cm³/mol. The van der Waals surface area contributed by atoms with E-state index in [1.807, 2.05) is 13.1 Å². The van der Waals surface area contributed by atoms with E-state index >= 15 is 0 Å². The lowest BCUT2D eigenvalue weighted by molar-refractivity contribution is 0.624. The van der Waals surface area contributed by atoms with Crippen molar-refractivity contribution >= 4 is 23.5 Å². The van der Waals surface area contributed by atoms with Crippen LogP contribution < -0.4 is 10.7 Å². The lowest BCUT2D eigenvalue weighted by Crippen LogP contribution is -2.31. The van der Waals surface area contributed by atoms with Crippen LogP contribution in [0.2, 0.25) is 0 Å². The Hall–Kier alpha value is -0.900. The van der Waals surface area contributed by atoms with Crippen molar-refractivity contribution in [3.05, 3.63) is 12.2 Å². The van der Waals surface area contributed by atoms with E-state index in [9.17, 15) is 0 Å². The number of rotatable bonds is 3. The predicted octanol–water partition coefficient (Wildman–Crippen LogP) is 1.81. The average Bonchev–Trinajstić information content (AvgIpc) is 2.20. The molecule has 14 heavy (non-hydrogen) atoms. The molecule has 1 rings (SSSR count). The molecule has 0 aliphatic heterocycles. The third-order valence-corrected chi connectivity index (χ3v) is 2.33. The molecule has 0 heterocycles. The maximum absolute atomic E-state index is 4.97. The molecule has 0 amide bonds. The first-order chi connectivity index (χ1) is 6.83. The van der Waals surface area contributed by atoms with Gasteiger partial charge in [0.15, 0.2) is 5.11 Å². The van der Waals surface area contributed by atoms with E-state index in [-0.39, 0.29) is 0 Å². The summed E-state index contributed by atoms with van der Waals surface area (Å²) in [7, 11) is 0. The van der Waals surface area contributed by atoms with Crippen LogP contribution in [0.15, 0.2) is 17.3 Å². The summed E-state index contributed by atoms with van der Waals surface area (Å²) in [5.41, 5.74) is 2.80. The summed E-state index contributed by atoms with van der Waals surface area (Å²) in [4.78, 5) is 0. The van der Waals surface area contributed by atoms with Crippen molar-refractivity contribution in [3.63, 3.8) is 0 Å². The maximum Gasteiger partial charge on any atom is 0.186 e. The van der Waals surface area contributed by atoms with Gasteiger partial charge in [0.05, 0.1) is 0 Å². The lowest BCUT2D eigenvalue weighted by Gasteiger charge is -2.12. The minimum absolute atomic E-state index is 0.567. The normalized spacial score (nSPS) is 21.1. The van der Waals surface area contributed by atoms with Gasteiger partial charge >= 0.3 is 0 Å². The Morgan fingerprint density at radius 3 is 3.14 bits per heavy atom. The van der Waals surface area contributed by atoms with Gasteiger partial charge in [0.2, 0.25) is 0 Å². The number of hydrogen-bond donors (Lipinski definition) is 2. The maximum atomic E-state index is 4.97. The van der Waals surface area contributed by atoms with Crippen LogP contribution in [0.5, 0.6) is 0 Å². The molecule has 0 spiro atoms. The van der Waals surface area contributed by atoms with Crippen molar-refractivity contribution in [1.29, 1.82) is 0 Å². The van der Waals surface area contributed by atoms with Gasteiger partial charge in [-0.15, -0.1) is 0 Å². The number of nitrogens with one attached hydrogen (secondary N) is 2. The summed E-state index contributed by atoms with van der Waals surface area (Å²) in [6, 6.07) is 0. The Kier molecular flexibility index (Phi) is 5.22. The van der Waals surface area contributed by atoms with Crippen molar-refractivity contribution in [3.8, 4) is 0 Å². The van der Waals surface area contributed by atoms with Crippen LogP contribution in [-0.2, 0) is 0 Å². The molecule has 1 aliphatic rings. The van der Waals surface area contributed by atoms with Gasteiger partial charge in [-0.05, 0) is 44.3 Å². The molecule has 2 N–H and O–H groups in total. The molecule has 0 radical (unpaired) electrons. The molecule has 0 bridgehead atoms. The van der Waals surface area contributed by atoms with Crippen LogP contribution in [0.3, 0.4) is 0 Å². The van der Waals surface area contributed by atoms with Crippen LogP contribution in [0, 0.1) is 5.92 Å². The Balaban J connectivity index is 2.19. The zero-order chi connectivity index (χ0) is 10.2. The SMILES string of the molecule is CCNC(=S)N/N=C\[C@H]1CC=CCC1. The molecule has 1 atom stereocenters. The Bertz CT molecular complexity index is 236. The number of hydrogen-bond acceptors (Lipinski definition) is 2. The largest absolute Gasteiger partial charge is 0.362 e. The van der Waals surface area contributed by atoms with Crippen molar-refractivity contribution in [2.45, 2.75) is 26.2 Å². The summed E-state index contributed by atoms with van der Waals surface area (Å²) in [5.74, 6) is 0.567. The second-order valence-electron chi connectivity index (χ2n) is 3.29. The van der Waals surface area contributed by atoms with Gasteiger partial charge in [-0.3, -0.25) is 5.43 Å². The second-order valence-corrected chi connectivity index (χ2v) is 3.70. The average molecular weight is 211 g/mol. The van der Waals surface area contributed by atoms with Crippen LogP contribution in [0.25, 0.3) is 0 Å². The highest BCUT2D eigenvalue weighted by Crippen LogP contribution is 2.15. The molecule has 0 saturated carbocycles. The Labute approximate surface area is 90.7 Å². The molecule has 0 aromatic carbocycles. The summed E-state index contributed by atoms with van der Waals surface area (Å²) < 4.78 is 0. The monoisotopic (exact) mass is 211 g/mol. The van der Waals surface area contributed by atoms with Crippen molar-refractivity contribution in [1.82, 2.24) is 10.7 Å². The molecule has 0 aromatic heterocycles. The Morgan fingerprint density at radius 2 is 2.50 bits per heavy atom. The van der Waals surface area contributed by atoms with Gasteiger partial charge in [-0.25, -0.2) is 0 Å². The van der Waals surface area contributed by atoms with Crippen LogP contribution in [0.1, 0.15) is 26.2 Å². The molecule has 0 saturated heterocycles. The highest BCUT2D eigenvalue weighted by molar-refractivity contribution is 7.80. The van der Waals surface area contributed by atoms with E-state index in [1.165, 1.54) is 6.42 Å². The second kappa shape index (κ2) is 6.54. The Morgan fingerprint density at radius 1 is 1.64 bits per heavy atom. The fourth-order valence-electron chi connectivity index (χ4n) is 1.35. The molecule has 3 nitrogen and oxygen atoms in total. The van der Waals surface area contributed by atoms with E-state index in [0.29, 0.717) is 11.0 Å². The lowest BCUT2D eigenvalue weighted by atomic mass is 9.96. The molecule has 1 aliphatic carbocycles. The topological polar surface area (TPSA) is 36.4 Å². The molecular formula is C10H17N3S. The number of thiocarbonyl (C=S) groups is 1. The first kappa shape index (κ1) is 11.2. The third-order valence-electron chi connectivity index (χ3n) is 2.10. The molecular weight excluding hydrogens is 194 g/mol. The molecule has 78 valence electrons. The standard InChI is InChI=1S/C10H17N3S/c1-2-11-10(14)13-12-8-9-6-4-3-5-7-9/h3-4,8-9H,2,5-7H2,1H3,(H2,11,13,14)/b12-8-/t9-/m0/s1. The minimum atomic E-state index is 0.567. The van der Waals surface area contributed by atoms with Crippen molar-refractivity contribution in [2.75, 3.05) is 6.54 Å². The quantitative estimate of drug-likeness (QED) is 0.323. The summed E-state index contributed by atoms with van der Waals surface area (Å²) in [6.45, 7) is 2.83. The van der Waals surface area contributed by atoms with Gasteiger partial charge in [0, 0.05) is 12.8 Å². The van der Waals surface area contributed by atoms with Crippen LogP contribution in [0.4, 0.5) is 0 Å².